The van der Waals surface area contributed by atoms with Gasteiger partial charge in [-0.2, -0.15) is 0 Å². The van der Waals surface area contributed by atoms with Crippen LogP contribution in [0.5, 0.6) is 0 Å². The molecule has 7 heteroatoms. The van der Waals surface area contributed by atoms with Gasteiger partial charge in [-0.05, 0) is 31.5 Å². The summed E-state index contributed by atoms with van der Waals surface area (Å²) >= 11 is 3.43. The molecule has 0 spiro atoms. The molecule has 0 aromatic heterocycles. The highest BCUT2D eigenvalue weighted by Crippen LogP contribution is 2.11. The lowest BCUT2D eigenvalue weighted by atomic mass is 10.2. The van der Waals surface area contributed by atoms with Gasteiger partial charge in [0.1, 0.15) is 0 Å². The highest BCUT2D eigenvalue weighted by atomic mass is 127. The zero-order chi connectivity index (χ0) is 16.5. The van der Waals surface area contributed by atoms with E-state index in [0.717, 1.165) is 17.0 Å². The number of nitrogens with one attached hydrogen (secondary N) is 2. The number of halogens is 2. The molecule has 1 rings (SSSR count). The lowest BCUT2D eigenvalue weighted by molar-refractivity contribution is -0.121. The molecule has 0 heterocycles. The number of nitrogens with zero attached hydrogens (tertiary/aromatic N) is 2. The zero-order valence-corrected chi connectivity index (χ0v) is 18.0. The minimum atomic E-state index is 0. The Labute approximate surface area is 164 Å². The Kier molecular flexibility index (Phi) is 11.2. The van der Waals surface area contributed by atoms with Gasteiger partial charge in [-0.25, -0.2) is 0 Å². The number of hydrogen-bond donors (Lipinski definition) is 2. The van der Waals surface area contributed by atoms with Crippen LogP contribution in [0, 0.1) is 0 Å². The lowest BCUT2D eigenvalue weighted by Crippen LogP contribution is -2.40. The van der Waals surface area contributed by atoms with Gasteiger partial charge in [-0.1, -0.05) is 28.1 Å². The van der Waals surface area contributed by atoms with Crippen LogP contribution in [0.25, 0.3) is 0 Å². The number of benzene rings is 1. The van der Waals surface area contributed by atoms with Crippen molar-refractivity contribution in [2.75, 3.05) is 20.6 Å². The second-order valence-corrected chi connectivity index (χ2v) is 6.34. The fourth-order valence-corrected chi connectivity index (χ4v) is 2.27. The number of amides is 1. The largest absolute Gasteiger partial charge is 0.356 e. The van der Waals surface area contributed by atoms with Crippen LogP contribution in [0.4, 0.5) is 0 Å². The van der Waals surface area contributed by atoms with Crippen LogP contribution in [-0.2, 0) is 11.3 Å². The number of aliphatic imine (C=N–C) groups is 1. The molecule has 5 nitrogen and oxygen atoms in total. The van der Waals surface area contributed by atoms with E-state index >= 15 is 0 Å². The van der Waals surface area contributed by atoms with E-state index in [1.165, 1.54) is 5.56 Å². The highest BCUT2D eigenvalue weighted by molar-refractivity contribution is 14.0. The SMILES string of the molecule is CN=C(NCCC(=O)NC(C)C)N(C)Cc1ccc(Br)cc1.I. The summed E-state index contributed by atoms with van der Waals surface area (Å²) in [7, 11) is 3.72. The standard InChI is InChI=1S/C16H25BrN4O.HI/c1-12(2)20-15(22)9-10-19-16(18-3)21(4)11-13-5-7-14(17)8-6-13;/h5-8,12H,9-11H2,1-4H3,(H,18,19)(H,20,22);1H. The van der Waals surface area contributed by atoms with E-state index in [9.17, 15) is 4.79 Å². The van der Waals surface area contributed by atoms with Crippen LogP contribution in [-0.4, -0.2) is 43.4 Å². The van der Waals surface area contributed by atoms with Gasteiger partial charge in [-0.15, -0.1) is 24.0 Å². The Morgan fingerprint density at radius 3 is 2.43 bits per heavy atom. The second-order valence-electron chi connectivity index (χ2n) is 5.43. The first kappa shape index (κ1) is 22.2. The van der Waals surface area contributed by atoms with Crippen LogP contribution in [0.2, 0.25) is 0 Å². The molecule has 0 aliphatic carbocycles. The number of rotatable bonds is 6. The third-order valence-electron chi connectivity index (χ3n) is 2.99. The van der Waals surface area contributed by atoms with Crippen molar-refractivity contribution in [3.05, 3.63) is 34.3 Å². The number of carbonyl (C=O) groups excluding carboxylic acids is 1. The lowest BCUT2D eigenvalue weighted by Gasteiger charge is -2.22. The summed E-state index contributed by atoms with van der Waals surface area (Å²) in [5.74, 6) is 0.828. The summed E-state index contributed by atoms with van der Waals surface area (Å²) in [6, 6.07) is 8.37. The Morgan fingerprint density at radius 2 is 1.91 bits per heavy atom. The van der Waals surface area contributed by atoms with Gasteiger partial charge in [0.15, 0.2) is 5.96 Å². The van der Waals surface area contributed by atoms with E-state index < -0.39 is 0 Å². The molecule has 23 heavy (non-hydrogen) atoms. The van der Waals surface area contributed by atoms with Crippen molar-refractivity contribution >= 4 is 51.8 Å². The first-order valence-electron chi connectivity index (χ1n) is 7.38. The van der Waals surface area contributed by atoms with Crippen LogP contribution < -0.4 is 10.6 Å². The van der Waals surface area contributed by atoms with Gasteiger partial charge in [0.05, 0.1) is 0 Å². The zero-order valence-electron chi connectivity index (χ0n) is 14.1. The van der Waals surface area contributed by atoms with Crippen LogP contribution in [0.3, 0.4) is 0 Å². The maximum Gasteiger partial charge on any atom is 0.221 e. The van der Waals surface area contributed by atoms with Crippen LogP contribution >= 0.6 is 39.9 Å². The summed E-state index contributed by atoms with van der Waals surface area (Å²) in [5.41, 5.74) is 1.20. The normalized spacial score (nSPS) is 11.0. The summed E-state index contributed by atoms with van der Waals surface area (Å²) in [4.78, 5) is 17.9. The third kappa shape index (κ3) is 9.14. The molecule has 0 aliphatic rings. The van der Waals surface area contributed by atoms with E-state index in [2.05, 4.69) is 43.7 Å². The monoisotopic (exact) mass is 496 g/mol. The van der Waals surface area contributed by atoms with E-state index in [0.29, 0.717) is 13.0 Å². The fraction of sp³-hybridized carbons (Fsp3) is 0.500. The minimum Gasteiger partial charge on any atom is -0.356 e. The molecular weight excluding hydrogens is 471 g/mol. The fourth-order valence-electron chi connectivity index (χ4n) is 2.01. The van der Waals surface area contributed by atoms with E-state index in [4.69, 9.17) is 0 Å². The van der Waals surface area contributed by atoms with Gasteiger partial charge in [0, 0.05) is 44.1 Å². The van der Waals surface area contributed by atoms with Crippen molar-refractivity contribution in [2.24, 2.45) is 4.99 Å². The number of carbonyl (C=O) groups is 1. The highest BCUT2D eigenvalue weighted by Gasteiger charge is 2.08. The molecule has 1 aromatic rings. The van der Waals surface area contributed by atoms with Crippen molar-refractivity contribution < 1.29 is 4.79 Å². The van der Waals surface area contributed by atoms with Gasteiger partial charge >= 0.3 is 0 Å². The van der Waals surface area contributed by atoms with Crippen molar-refractivity contribution in [1.29, 1.82) is 0 Å². The molecule has 2 N–H and O–H groups in total. The molecular formula is C16H26BrIN4O. The topological polar surface area (TPSA) is 56.7 Å². The van der Waals surface area contributed by atoms with Crippen molar-refractivity contribution in [3.8, 4) is 0 Å². The smallest absolute Gasteiger partial charge is 0.221 e. The average Bonchev–Trinajstić information content (AvgIpc) is 2.45. The first-order chi connectivity index (χ1) is 10.4. The summed E-state index contributed by atoms with van der Waals surface area (Å²) in [6.45, 7) is 5.23. The predicted molar refractivity (Wildman–Crippen MR) is 110 cm³/mol. The van der Waals surface area contributed by atoms with Gasteiger partial charge < -0.3 is 15.5 Å². The maximum atomic E-state index is 11.6. The molecule has 0 radical (unpaired) electrons. The molecule has 0 fully saturated rings. The second kappa shape index (κ2) is 11.7. The quantitative estimate of drug-likeness (QED) is 0.361. The molecule has 1 amide bonds. The third-order valence-corrected chi connectivity index (χ3v) is 3.52. The van der Waals surface area contributed by atoms with Crippen molar-refractivity contribution in [3.63, 3.8) is 0 Å². The number of hydrogen-bond acceptors (Lipinski definition) is 2. The summed E-state index contributed by atoms with van der Waals surface area (Å²) in [6.07, 6.45) is 0.434. The van der Waals surface area contributed by atoms with Crippen LogP contribution in [0.15, 0.2) is 33.7 Å². The molecule has 1 aromatic carbocycles. The first-order valence-corrected chi connectivity index (χ1v) is 8.17. The van der Waals surface area contributed by atoms with Crippen molar-refractivity contribution in [2.45, 2.75) is 32.9 Å². The number of guanidine groups is 1. The molecule has 0 bridgehead atoms. The van der Waals surface area contributed by atoms with Gasteiger partial charge in [0.2, 0.25) is 5.91 Å². The maximum absolute atomic E-state index is 11.6. The van der Waals surface area contributed by atoms with Gasteiger partial charge in [0.25, 0.3) is 0 Å². The molecule has 0 saturated carbocycles. The van der Waals surface area contributed by atoms with E-state index in [1.54, 1.807) is 7.05 Å². The Hall–Kier alpha value is -0.830. The summed E-state index contributed by atoms with van der Waals surface area (Å²) in [5, 5.41) is 6.08. The Morgan fingerprint density at radius 1 is 1.30 bits per heavy atom. The Bertz CT molecular complexity index is 505. The molecule has 0 unspecified atom stereocenters. The minimum absolute atomic E-state index is 0. The van der Waals surface area contributed by atoms with E-state index in [1.807, 2.05) is 37.9 Å². The van der Waals surface area contributed by atoms with E-state index in [-0.39, 0.29) is 35.9 Å². The van der Waals surface area contributed by atoms with Gasteiger partial charge in [-0.3, -0.25) is 9.79 Å². The molecule has 130 valence electrons. The Balaban J connectivity index is 0.00000484. The molecule has 0 saturated heterocycles. The molecule has 0 aliphatic heterocycles. The van der Waals surface area contributed by atoms with Crippen LogP contribution in [0.1, 0.15) is 25.8 Å². The average molecular weight is 497 g/mol. The summed E-state index contributed by atoms with van der Waals surface area (Å²) < 4.78 is 1.07. The predicted octanol–water partition coefficient (Wildman–Crippen LogP) is 2.99. The van der Waals surface area contributed by atoms with Crippen molar-refractivity contribution in [1.82, 2.24) is 15.5 Å². The molecule has 0 atom stereocenters.